The fraction of sp³-hybridized carbons (Fsp3) is 0.261. The topological polar surface area (TPSA) is 50.4 Å². The number of methoxy groups -OCH3 is 1. The molecule has 1 atom stereocenters. The van der Waals surface area contributed by atoms with Gasteiger partial charge in [-0.15, -0.1) is 0 Å². The summed E-state index contributed by atoms with van der Waals surface area (Å²) in [5.74, 6) is 0.580. The van der Waals surface area contributed by atoms with Crippen molar-refractivity contribution in [2.45, 2.75) is 26.3 Å². The number of hydrogen-bond donors (Lipinski definition) is 2. The first-order valence-electron chi connectivity index (χ1n) is 9.29. The Hall–Kier alpha value is -2.85. The Bertz CT molecular complexity index is 937. The number of anilines is 1. The van der Waals surface area contributed by atoms with Gasteiger partial charge in [0.1, 0.15) is 5.75 Å². The normalized spacial score (nSPS) is 12.0. The molecular weight excluding hydrogens is 336 g/mol. The molecule has 0 aliphatic rings. The molecule has 0 fully saturated rings. The minimum Gasteiger partial charge on any atom is -0.497 e. The average molecular weight is 362 g/mol. The molecule has 2 N–H and O–H groups in total. The zero-order valence-electron chi connectivity index (χ0n) is 16.1. The summed E-state index contributed by atoms with van der Waals surface area (Å²) in [4.78, 5) is 12.7. The Labute approximate surface area is 160 Å². The first-order valence-corrected chi connectivity index (χ1v) is 9.29. The van der Waals surface area contributed by atoms with E-state index < -0.39 is 0 Å². The number of hydrogen-bond acceptors (Lipinski definition) is 3. The van der Waals surface area contributed by atoms with Crippen LogP contribution >= 0.6 is 0 Å². The van der Waals surface area contributed by atoms with Crippen molar-refractivity contribution in [2.24, 2.45) is 0 Å². The van der Waals surface area contributed by atoms with Crippen molar-refractivity contribution in [3.63, 3.8) is 0 Å². The molecule has 0 radical (unpaired) electrons. The molecule has 0 aliphatic carbocycles. The van der Waals surface area contributed by atoms with Gasteiger partial charge in [-0.1, -0.05) is 43.3 Å². The first kappa shape index (κ1) is 18.9. The average Bonchev–Trinajstić information content (AvgIpc) is 2.71. The molecule has 3 aromatic rings. The molecule has 4 heteroatoms. The van der Waals surface area contributed by atoms with E-state index in [-0.39, 0.29) is 11.8 Å². The fourth-order valence-corrected chi connectivity index (χ4v) is 3.07. The predicted molar refractivity (Wildman–Crippen MR) is 111 cm³/mol. The van der Waals surface area contributed by atoms with E-state index in [9.17, 15) is 4.79 Å². The minimum absolute atomic E-state index is 0.0107. The Kier molecular flexibility index (Phi) is 6.09. The van der Waals surface area contributed by atoms with Gasteiger partial charge in [-0.25, -0.2) is 0 Å². The van der Waals surface area contributed by atoms with E-state index in [1.807, 2.05) is 55.5 Å². The highest BCUT2D eigenvalue weighted by molar-refractivity contribution is 5.96. The lowest BCUT2D eigenvalue weighted by Gasteiger charge is -2.14. The van der Waals surface area contributed by atoms with Gasteiger partial charge in [-0.2, -0.15) is 0 Å². The van der Waals surface area contributed by atoms with Crippen molar-refractivity contribution in [1.29, 1.82) is 0 Å². The largest absolute Gasteiger partial charge is 0.497 e. The molecular formula is C23H26N2O2. The molecule has 1 unspecified atom stereocenters. The standard InChI is InChI=1S/C23H26N2O2/c1-4-24-15-17-6-5-7-21(12-17)25-23(26)16(2)18-8-9-20-14-22(27-3)11-10-19(20)13-18/h5-14,16,24H,4,15H2,1-3H3,(H,25,26). The number of benzene rings is 3. The summed E-state index contributed by atoms with van der Waals surface area (Å²) in [5, 5.41) is 8.53. The zero-order valence-corrected chi connectivity index (χ0v) is 16.1. The zero-order chi connectivity index (χ0) is 19.2. The Morgan fingerprint density at radius 3 is 2.59 bits per heavy atom. The monoisotopic (exact) mass is 362 g/mol. The van der Waals surface area contributed by atoms with Gasteiger partial charge in [0.2, 0.25) is 5.91 Å². The van der Waals surface area contributed by atoms with Gasteiger partial charge in [0, 0.05) is 12.2 Å². The SMILES string of the molecule is CCNCc1cccc(NC(=O)C(C)c2ccc3cc(OC)ccc3c2)c1. The van der Waals surface area contributed by atoms with Crippen molar-refractivity contribution in [1.82, 2.24) is 5.32 Å². The van der Waals surface area contributed by atoms with Crippen LogP contribution in [0, 0.1) is 0 Å². The van der Waals surface area contributed by atoms with Crippen LogP contribution in [0.5, 0.6) is 5.75 Å². The highest BCUT2D eigenvalue weighted by Gasteiger charge is 2.16. The van der Waals surface area contributed by atoms with Crippen LogP contribution in [0.2, 0.25) is 0 Å². The fourth-order valence-electron chi connectivity index (χ4n) is 3.07. The lowest BCUT2D eigenvalue weighted by Crippen LogP contribution is -2.19. The molecule has 0 aliphatic heterocycles. The molecule has 0 spiro atoms. The Balaban J connectivity index is 1.74. The summed E-state index contributed by atoms with van der Waals surface area (Å²) in [6, 6.07) is 20.0. The summed E-state index contributed by atoms with van der Waals surface area (Å²) in [7, 11) is 1.66. The highest BCUT2D eigenvalue weighted by atomic mass is 16.5. The van der Waals surface area contributed by atoms with E-state index >= 15 is 0 Å². The molecule has 1 amide bonds. The van der Waals surface area contributed by atoms with Crippen molar-refractivity contribution in [3.05, 3.63) is 71.8 Å². The maximum absolute atomic E-state index is 12.7. The molecule has 3 rings (SSSR count). The molecule has 27 heavy (non-hydrogen) atoms. The molecule has 0 saturated carbocycles. The lowest BCUT2D eigenvalue weighted by molar-refractivity contribution is -0.117. The van der Waals surface area contributed by atoms with Crippen LogP contribution in [-0.2, 0) is 11.3 Å². The number of amides is 1. The van der Waals surface area contributed by atoms with E-state index in [1.165, 1.54) is 0 Å². The molecule has 0 saturated heterocycles. The Morgan fingerprint density at radius 1 is 1.04 bits per heavy atom. The third-order valence-electron chi connectivity index (χ3n) is 4.74. The second-order valence-corrected chi connectivity index (χ2v) is 6.66. The van der Waals surface area contributed by atoms with Crippen LogP contribution in [0.25, 0.3) is 10.8 Å². The molecule has 0 heterocycles. The van der Waals surface area contributed by atoms with Crippen molar-refractivity contribution in [3.8, 4) is 5.75 Å². The van der Waals surface area contributed by atoms with Crippen LogP contribution < -0.4 is 15.4 Å². The molecule has 0 aromatic heterocycles. The van der Waals surface area contributed by atoms with Crippen molar-refractivity contribution >= 4 is 22.4 Å². The van der Waals surface area contributed by atoms with Crippen LogP contribution in [0.1, 0.15) is 30.9 Å². The second kappa shape index (κ2) is 8.69. The Morgan fingerprint density at radius 2 is 1.81 bits per heavy atom. The van der Waals surface area contributed by atoms with E-state index in [4.69, 9.17) is 4.74 Å². The van der Waals surface area contributed by atoms with Crippen LogP contribution in [-0.4, -0.2) is 19.6 Å². The third kappa shape index (κ3) is 4.66. The van der Waals surface area contributed by atoms with E-state index in [1.54, 1.807) is 7.11 Å². The van der Waals surface area contributed by atoms with Gasteiger partial charge in [-0.05, 0) is 59.6 Å². The number of fused-ring (bicyclic) bond motifs is 1. The smallest absolute Gasteiger partial charge is 0.231 e. The number of rotatable bonds is 7. The maximum Gasteiger partial charge on any atom is 0.231 e. The van der Waals surface area contributed by atoms with Gasteiger partial charge in [0.25, 0.3) is 0 Å². The molecule has 3 aromatic carbocycles. The number of carbonyl (C=O) groups is 1. The highest BCUT2D eigenvalue weighted by Crippen LogP contribution is 2.26. The number of carbonyl (C=O) groups excluding carboxylic acids is 1. The van der Waals surface area contributed by atoms with Gasteiger partial charge in [-0.3, -0.25) is 4.79 Å². The van der Waals surface area contributed by atoms with Gasteiger partial charge in [0.15, 0.2) is 0 Å². The third-order valence-corrected chi connectivity index (χ3v) is 4.74. The van der Waals surface area contributed by atoms with Crippen LogP contribution in [0.15, 0.2) is 60.7 Å². The van der Waals surface area contributed by atoms with E-state index in [0.29, 0.717) is 0 Å². The van der Waals surface area contributed by atoms with Crippen molar-refractivity contribution in [2.75, 3.05) is 19.0 Å². The van der Waals surface area contributed by atoms with E-state index in [0.717, 1.165) is 46.4 Å². The lowest BCUT2D eigenvalue weighted by atomic mass is 9.97. The van der Waals surface area contributed by atoms with Crippen LogP contribution in [0.4, 0.5) is 5.69 Å². The number of nitrogens with one attached hydrogen (secondary N) is 2. The van der Waals surface area contributed by atoms with Gasteiger partial charge < -0.3 is 15.4 Å². The van der Waals surface area contributed by atoms with Gasteiger partial charge in [0.05, 0.1) is 13.0 Å². The molecule has 4 nitrogen and oxygen atoms in total. The quantitative estimate of drug-likeness (QED) is 0.640. The number of ether oxygens (including phenoxy) is 1. The maximum atomic E-state index is 12.7. The van der Waals surface area contributed by atoms with Crippen LogP contribution in [0.3, 0.4) is 0 Å². The second-order valence-electron chi connectivity index (χ2n) is 6.66. The van der Waals surface area contributed by atoms with Crippen molar-refractivity contribution < 1.29 is 9.53 Å². The summed E-state index contributed by atoms with van der Waals surface area (Å²) in [6.07, 6.45) is 0. The first-order chi connectivity index (χ1) is 13.1. The minimum atomic E-state index is -0.242. The predicted octanol–water partition coefficient (Wildman–Crippen LogP) is 4.70. The summed E-state index contributed by atoms with van der Waals surface area (Å²) in [5.41, 5.74) is 2.98. The molecule has 0 bridgehead atoms. The van der Waals surface area contributed by atoms with Gasteiger partial charge >= 0.3 is 0 Å². The summed E-state index contributed by atoms with van der Waals surface area (Å²) in [6.45, 7) is 5.72. The van der Waals surface area contributed by atoms with E-state index in [2.05, 4.69) is 29.7 Å². The summed E-state index contributed by atoms with van der Waals surface area (Å²) >= 11 is 0. The molecule has 140 valence electrons. The summed E-state index contributed by atoms with van der Waals surface area (Å²) < 4.78 is 5.27.